The van der Waals surface area contributed by atoms with Gasteiger partial charge in [0.2, 0.25) is 5.91 Å². The largest absolute Gasteiger partial charge is 0.349 e. The Morgan fingerprint density at radius 2 is 2.11 bits per heavy atom. The molecule has 1 heterocycles. The molecule has 1 aromatic carbocycles. The first kappa shape index (κ1) is 12.3. The van der Waals surface area contributed by atoms with Gasteiger partial charge in [0.1, 0.15) is 5.69 Å². The van der Waals surface area contributed by atoms with E-state index in [0.717, 1.165) is 5.56 Å². The molecule has 1 aromatic heterocycles. The first-order valence-electron chi connectivity index (χ1n) is 5.67. The van der Waals surface area contributed by atoms with Crippen LogP contribution in [0.15, 0.2) is 36.5 Å². The van der Waals surface area contributed by atoms with E-state index in [1.165, 1.54) is 0 Å². The van der Waals surface area contributed by atoms with Crippen molar-refractivity contribution in [1.82, 2.24) is 20.3 Å². The highest BCUT2D eigenvalue weighted by Crippen LogP contribution is 2.01. The summed E-state index contributed by atoms with van der Waals surface area (Å²) in [5.41, 5.74) is 7.06. The molecule has 0 aliphatic heterocycles. The first-order chi connectivity index (χ1) is 8.78. The van der Waals surface area contributed by atoms with E-state index < -0.39 is 0 Å². The van der Waals surface area contributed by atoms with Crippen molar-refractivity contribution in [3.05, 3.63) is 47.8 Å². The van der Waals surface area contributed by atoms with E-state index in [1.54, 1.807) is 4.68 Å². The number of hydrogen-bond acceptors (Lipinski definition) is 4. The molecular weight excluding hydrogens is 230 g/mol. The summed E-state index contributed by atoms with van der Waals surface area (Å²) in [4.78, 5) is 11.0. The minimum absolute atomic E-state index is 0.0157. The molecule has 6 heteroatoms. The molecule has 0 aliphatic carbocycles. The molecule has 94 valence electrons. The summed E-state index contributed by atoms with van der Waals surface area (Å²) in [5, 5.41) is 10.6. The molecule has 0 bridgehead atoms. The predicted octanol–water partition coefficient (Wildman–Crippen LogP) is -0.0987. The Morgan fingerprint density at radius 3 is 2.83 bits per heavy atom. The summed E-state index contributed by atoms with van der Waals surface area (Å²) in [6.07, 6.45) is 1.81. The molecular formula is C12H15N5O. The number of carbonyl (C=O) groups is 1. The summed E-state index contributed by atoms with van der Waals surface area (Å²) < 4.78 is 1.74. The second-order valence-electron chi connectivity index (χ2n) is 3.87. The van der Waals surface area contributed by atoms with E-state index in [4.69, 9.17) is 5.73 Å². The van der Waals surface area contributed by atoms with E-state index in [2.05, 4.69) is 15.6 Å². The number of hydrogen-bond donors (Lipinski definition) is 2. The average Bonchev–Trinajstić information content (AvgIpc) is 2.85. The lowest BCUT2D eigenvalue weighted by Crippen LogP contribution is -2.29. The molecule has 0 saturated heterocycles. The van der Waals surface area contributed by atoms with Gasteiger partial charge < -0.3 is 11.1 Å². The smallest absolute Gasteiger partial charge is 0.234 e. The summed E-state index contributed by atoms with van der Waals surface area (Å²) in [6, 6.07) is 9.98. The zero-order valence-corrected chi connectivity index (χ0v) is 9.91. The number of carbonyl (C=O) groups excluding carboxylic acids is 1. The number of nitrogens with zero attached hydrogens (tertiary/aromatic N) is 3. The third kappa shape index (κ3) is 3.39. The van der Waals surface area contributed by atoms with Gasteiger partial charge in [-0.3, -0.25) is 4.79 Å². The van der Waals surface area contributed by atoms with E-state index in [-0.39, 0.29) is 12.5 Å². The van der Waals surface area contributed by atoms with Crippen molar-refractivity contribution in [2.24, 2.45) is 5.73 Å². The lowest BCUT2D eigenvalue weighted by molar-refractivity contribution is -0.119. The maximum atomic E-state index is 11.0. The van der Waals surface area contributed by atoms with E-state index in [0.29, 0.717) is 18.8 Å². The Morgan fingerprint density at radius 1 is 1.33 bits per heavy atom. The standard InChI is InChI=1S/C12H15N5O/c13-6-12(18)14-7-11-9-17(16-15-11)8-10-4-2-1-3-5-10/h1-5,9H,6-8,13H2,(H,14,18). The number of nitrogens with two attached hydrogens (primary N) is 1. The lowest BCUT2D eigenvalue weighted by Gasteiger charge is -2.00. The Bertz CT molecular complexity index is 508. The average molecular weight is 245 g/mol. The molecule has 0 fully saturated rings. The number of rotatable bonds is 5. The van der Waals surface area contributed by atoms with Gasteiger partial charge in [-0.05, 0) is 5.56 Å². The van der Waals surface area contributed by atoms with Crippen LogP contribution < -0.4 is 11.1 Å². The minimum atomic E-state index is -0.201. The predicted molar refractivity (Wildman–Crippen MR) is 66.5 cm³/mol. The molecule has 2 rings (SSSR count). The van der Waals surface area contributed by atoms with Gasteiger partial charge in [0.05, 0.1) is 25.8 Å². The number of aromatic nitrogens is 3. The summed E-state index contributed by atoms with van der Waals surface area (Å²) in [7, 11) is 0. The third-order valence-electron chi connectivity index (χ3n) is 2.43. The lowest BCUT2D eigenvalue weighted by atomic mass is 10.2. The molecule has 0 unspecified atom stereocenters. The van der Waals surface area contributed by atoms with Crippen LogP contribution >= 0.6 is 0 Å². The summed E-state index contributed by atoms with van der Waals surface area (Å²) in [5.74, 6) is -0.201. The fraction of sp³-hybridized carbons (Fsp3) is 0.250. The maximum absolute atomic E-state index is 11.0. The van der Waals surface area contributed by atoms with Gasteiger partial charge >= 0.3 is 0 Å². The van der Waals surface area contributed by atoms with Gasteiger partial charge in [-0.25, -0.2) is 4.68 Å². The number of nitrogens with one attached hydrogen (secondary N) is 1. The highest BCUT2D eigenvalue weighted by molar-refractivity contribution is 5.77. The molecule has 0 atom stereocenters. The number of benzene rings is 1. The van der Waals surface area contributed by atoms with E-state index in [1.807, 2.05) is 36.5 Å². The fourth-order valence-corrected chi connectivity index (χ4v) is 1.53. The molecule has 0 saturated carbocycles. The molecule has 1 amide bonds. The summed E-state index contributed by atoms with van der Waals surface area (Å²) >= 11 is 0. The summed E-state index contributed by atoms with van der Waals surface area (Å²) in [6.45, 7) is 1.00. The van der Waals surface area contributed by atoms with Crippen LogP contribution in [0.5, 0.6) is 0 Å². The van der Waals surface area contributed by atoms with Crippen LogP contribution in [0, 0.1) is 0 Å². The van der Waals surface area contributed by atoms with Crippen molar-refractivity contribution in [2.45, 2.75) is 13.1 Å². The third-order valence-corrected chi connectivity index (χ3v) is 2.43. The molecule has 0 spiro atoms. The Balaban J connectivity index is 1.92. The zero-order chi connectivity index (χ0) is 12.8. The Kier molecular flexibility index (Phi) is 4.03. The molecule has 0 radical (unpaired) electrons. The monoisotopic (exact) mass is 245 g/mol. The number of amides is 1. The fourth-order valence-electron chi connectivity index (χ4n) is 1.53. The van der Waals surface area contributed by atoms with E-state index in [9.17, 15) is 4.79 Å². The van der Waals surface area contributed by atoms with Crippen molar-refractivity contribution in [2.75, 3.05) is 6.54 Å². The topological polar surface area (TPSA) is 85.8 Å². The van der Waals surface area contributed by atoms with Gasteiger partial charge in [-0.2, -0.15) is 0 Å². The van der Waals surface area contributed by atoms with Crippen LogP contribution in [-0.4, -0.2) is 27.4 Å². The van der Waals surface area contributed by atoms with Crippen molar-refractivity contribution in [3.63, 3.8) is 0 Å². The highest BCUT2D eigenvalue weighted by atomic mass is 16.1. The maximum Gasteiger partial charge on any atom is 0.234 e. The molecule has 6 nitrogen and oxygen atoms in total. The van der Waals surface area contributed by atoms with Gasteiger partial charge in [0.15, 0.2) is 0 Å². The Labute approximate surface area is 105 Å². The van der Waals surface area contributed by atoms with Crippen LogP contribution in [0.1, 0.15) is 11.3 Å². The second-order valence-corrected chi connectivity index (χ2v) is 3.87. The van der Waals surface area contributed by atoms with Crippen LogP contribution in [0.3, 0.4) is 0 Å². The molecule has 2 aromatic rings. The first-order valence-corrected chi connectivity index (χ1v) is 5.67. The van der Waals surface area contributed by atoms with Crippen molar-refractivity contribution in [3.8, 4) is 0 Å². The Hall–Kier alpha value is -2.21. The van der Waals surface area contributed by atoms with Crippen LogP contribution in [0.25, 0.3) is 0 Å². The van der Waals surface area contributed by atoms with Crippen LogP contribution in [0.2, 0.25) is 0 Å². The minimum Gasteiger partial charge on any atom is -0.349 e. The van der Waals surface area contributed by atoms with Crippen molar-refractivity contribution >= 4 is 5.91 Å². The van der Waals surface area contributed by atoms with Crippen LogP contribution in [-0.2, 0) is 17.9 Å². The SMILES string of the molecule is NCC(=O)NCc1cn(Cc2ccccc2)nn1. The normalized spacial score (nSPS) is 10.3. The molecule has 3 N–H and O–H groups in total. The molecule has 0 aliphatic rings. The van der Waals surface area contributed by atoms with Crippen LogP contribution in [0.4, 0.5) is 0 Å². The highest BCUT2D eigenvalue weighted by Gasteiger charge is 2.03. The second kappa shape index (κ2) is 5.92. The van der Waals surface area contributed by atoms with Crippen molar-refractivity contribution < 1.29 is 4.79 Å². The van der Waals surface area contributed by atoms with Gasteiger partial charge in [-0.1, -0.05) is 35.5 Å². The quantitative estimate of drug-likeness (QED) is 0.770. The zero-order valence-electron chi connectivity index (χ0n) is 9.91. The van der Waals surface area contributed by atoms with Gasteiger partial charge in [-0.15, -0.1) is 5.10 Å². The van der Waals surface area contributed by atoms with Gasteiger partial charge in [0, 0.05) is 0 Å². The van der Waals surface area contributed by atoms with Crippen molar-refractivity contribution in [1.29, 1.82) is 0 Å². The van der Waals surface area contributed by atoms with E-state index >= 15 is 0 Å². The van der Waals surface area contributed by atoms with Gasteiger partial charge in [0.25, 0.3) is 0 Å². The molecule has 18 heavy (non-hydrogen) atoms.